The highest BCUT2D eigenvalue weighted by Gasteiger charge is 2.30. The van der Waals surface area contributed by atoms with E-state index in [1.807, 2.05) is 0 Å². The van der Waals surface area contributed by atoms with Gasteiger partial charge in [0.1, 0.15) is 18.0 Å². The van der Waals surface area contributed by atoms with Gasteiger partial charge in [0.2, 0.25) is 0 Å². The van der Waals surface area contributed by atoms with Crippen LogP contribution in [-0.4, -0.2) is 21.5 Å². The van der Waals surface area contributed by atoms with E-state index in [9.17, 15) is 10.0 Å². The molecular weight excluding hydrogens is 186 g/mol. The molecule has 1 unspecified atom stereocenters. The number of primary amides is 1. The minimum atomic E-state index is -0.870. The Labute approximate surface area is 80.2 Å². The molecule has 0 spiro atoms. The summed E-state index contributed by atoms with van der Waals surface area (Å²) in [7, 11) is 0. The van der Waals surface area contributed by atoms with Crippen molar-refractivity contribution < 1.29 is 14.5 Å². The number of rotatable bonds is 1. The Hall–Kier alpha value is -1.56. The van der Waals surface area contributed by atoms with Gasteiger partial charge in [-0.3, -0.25) is 5.21 Å². The molecule has 0 saturated heterocycles. The lowest BCUT2D eigenvalue weighted by molar-refractivity contribution is -0.0825. The second-order valence-corrected chi connectivity index (χ2v) is 3.32. The molecule has 1 aromatic heterocycles. The fourth-order valence-electron chi connectivity index (χ4n) is 1.74. The molecule has 1 heterocycles. The highest BCUT2D eigenvalue weighted by Crippen LogP contribution is 2.31. The number of fused-ring (bicyclic) bond motifs is 1. The van der Waals surface area contributed by atoms with E-state index in [0.717, 1.165) is 18.4 Å². The van der Waals surface area contributed by atoms with Gasteiger partial charge in [-0.2, -0.15) is 5.06 Å². The highest BCUT2D eigenvalue weighted by atomic mass is 16.5. The monoisotopic (exact) mass is 197 g/mol. The van der Waals surface area contributed by atoms with Crippen LogP contribution in [-0.2, 0) is 6.42 Å². The topological polar surface area (TPSA) is 92.6 Å². The normalized spacial score (nSPS) is 20.2. The molecule has 1 atom stereocenters. The zero-order valence-corrected chi connectivity index (χ0v) is 7.51. The first-order chi connectivity index (χ1) is 6.70. The fraction of sp³-hybridized carbons (Fsp3) is 0.500. The zero-order valence-electron chi connectivity index (χ0n) is 7.51. The minimum absolute atomic E-state index is 0.463. The Balaban J connectivity index is 2.28. The van der Waals surface area contributed by atoms with E-state index in [0.29, 0.717) is 17.2 Å². The summed E-state index contributed by atoms with van der Waals surface area (Å²) in [6, 6.07) is -1.33. The van der Waals surface area contributed by atoms with Crippen LogP contribution in [0.3, 0.4) is 0 Å². The van der Waals surface area contributed by atoms with Crippen LogP contribution in [0.1, 0.15) is 30.1 Å². The maximum Gasteiger partial charge on any atom is 0.339 e. The summed E-state index contributed by atoms with van der Waals surface area (Å²) in [6.45, 7) is 0. The maximum absolute atomic E-state index is 10.8. The molecule has 0 fully saturated rings. The molecule has 76 valence electrons. The lowest BCUT2D eigenvalue weighted by Gasteiger charge is -2.26. The third-order valence-corrected chi connectivity index (χ3v) is 2.44. The van der Waals surface area contributed by atoms with E-state index in [1.165, 1.54) is 6.26 Å². The second kappa shape index (κ2) is 3.30. The third kappa shape index (κ3) is 1.33. The maximum atomic E-state index is 10.8. The summed E-state index contributed by atoms with van der Waals surface area (Å²) in [4.78, 5) is 10.8. The predicted molar refractivity (Wildman–Crippen MR) is 45.4 cm³/mol. The Bertz CT molecular complexity index is 349. The van der Waals surface area contributed by atoms with Crippen LogP contribution in [0.15, 0.2) is 10.8 Å². The molecule has 0 bridgehead atoms. The molecule has 14 heavy (non-hydrogen) atoms. The number of nitrogens with zero attached hydrogens (tertiary/aromatic N) is 2. The van der Waals surface area contributed by atoms with Crippen molar-refractivity contribution in [2.75, 3.05) is 0 Å². The van der Waals surface area contributed by atoms with Gasteiger partial charge in [0.25, 0.3) is 0 Å². The van der Waals surface area contributed by atoms with Gasteiger partial charge in [-0.15, -0.1) is 0 Å². The molecule has 0 radical (unpaired) electrons. The highest BCUT2D eigenvalue weighted by molar-refractivity contribution is 5.71. The number of hydroxylamine groups is 2. The quantitative estimate of drug-likeness (QED) is 0.515. The van der Waals surface area contributed by atoms with Crippen molar-refractivity contribution >= 4 is 6.03 Å². The molecule has 2 rings (SSSR count). The number of hydrogen-bond acceptors (Lipinski definition) is 4. The van der Waals surface area contributed by atoms with Crippen molar-refractivity contribution in [3.63, 3.8) is 0 Å². The van der Waals surface area contributed by atoms with Gasteiger partial charge in [-0.25, -0.2) is 4.79 Å². The first-order valence-electron chi connectivity index (χ1n) is 4.41. The van der Waals surface area contributed by atoms with Gasteiger partial charge < -0.3 is 10.3 Å². The van der Waals surface area contributed by atoms with Crippen LogP contribution in [0.5, 0.6) is 0 Å². The van der Waals surface area contributed by atoms with Crippen molar-refractivity contribution in [1.29, 1.82) is 0 Å². The third-order valence-electron chi connectivity index (χ3n) is 2.44. The Morgan fingerprint density at radius 1 is 1.79 bits per heavy atom. The van der Waals surface area contributed by atoms with E-state index in [-0.39, 0.29) is 0 Å². The van der Waals surface area contributed by atoms with Crippen molar-refractivity contribution in [2.24, 2.45) is 5.73 Å². The first kappa shape index (κ1) is 9.01. The lowest BCUT2D eigenvalue weighted by atomic mass is 9.94. The number of carbonyl (C=O) groups excluding carboxylic acids is 1. The van der Waals surface area contributed by atoms with Gasteiger partial charge in [0.15, 0.2) is 0 Å². The predicted octanol–water partition coefficient (Wildman–Crippen LogP) is 0.822. The number of amides is 2. The van der Waals surface area contributed by atoms with Gasteiger partial charge in [-0.1, -0.05) is 5.16 Å². The largest absolute Gasteiger partial charge is 0.364 e. The van der Waals surface area contributed by atoms with Crippen LogP contribution >= 0.6 is 0 Å². The molecule has 0 aromatic carbocycles. The van der Waals surface area contributed by atoms with Gasteiger partial charge in [0.05, 0.1) is 0 Å². The van der Waals surface area contributed by atoms with Gasteiger partial charge in [0, 0.05) is 5.56 Å². The van der Waals surface area contributed by atoms with Crippen molar-refractivity contribution in [3.05, 3.63) is 17.5 Å². The fourth-order valence-corrected chi connectivity index (χ4v) is 1.74. The molecule has 2 amide bonds. The first-order valence-corrected chi connectivity index (χ1v) is 4.41. The number of hydrogen-bond donors (Lipinski definition) is 2. The van der Waals surface area contributed by atoms with Crippen molar-refractivity contribution in [3.8, 4) is 0 Å². The van der Waals surface area contributed by atoms with E-state index >= 15 is 0 Å². The Morgan fingerprint density at radius 2 is 2.57 bits per heavy atom. The molecule has 6 heteroatoms. The summed E-state index contributed by atoms with van der Waals surface area (Å²) in [6.07, 6.45) is 3.93. The summed E-state index contributed by atoms with van der Waals surface area (Å²) in [5.41, 5.74) is 6.51. The molecule has 0 saturated carbocycles. The van der Waals surface area contributed by atoms with E-state index in [2.05, 4.69) is 5.16 Å². The van der Waals surface area contributed by atoms with Crippen molar-refractivity contribution in [2.45, 2.75) is 25.3 Å². The van der Waals surface area contributed by atoms with Gasteiger partial charge in [-0.05, 0) is 19.3 Å². The number of urea groups is 1. The molecule has 1 aromatic rings. The van der Waals surface area contributed by atoms with Crippen molar-refractivity contribution in [1.82, 2.24) is 10.2 Å². The number of carbonyl (C=O) groups is 1. The number of aryl methyl sites for hydroxylation is 1. The van der Waals surface area contributed by atoms with Gasteiger partial charge >= 0.3 is 6.03 Å². The van der Waals surface area contributed by atoms with Crippen LogP contribution < -0.4 is 5.73 Å². The molecule has 6 nitrogen and oxygen atoms in total. The molecule has 3 N–H and O–H groups in total. The average Bonchev–Trinajstić information content (AvgIpc) is 2.63. The van der Waals surface area contributed by atoms with Crippen LogP contribution in [0.4, 0.5) is 4.79 Å². The van der Waals surface area contributed by atoms with Crippen LogP contribution in [0, 0.1) is 0 Å². The minimum Gasteiger partial charge on any atom is -0.364 e. The Morgan fingerprint density at radius 3 is 3.29 bits per heavy atom. The smallest absolute Gasteiger partial charge is 0.339 e. The van der Waals surface area contributed by atoms with Crippen LogP contribution in [0.25, 0.3) is 0 Å². The standard InChI is InChI=1S/C8H11N3O3/c9-8(12)11(13)6-3-1-2-5-4-14-10-7(5)6/h4,6,13H,1-3H2,(H2,9,12). The van der Waals surface area contributed by atoms with E-state index in [1.54, 1.807) is 0 Å². The number of aromatic nitrogens is 1. The summed E-state index contributed by atoms with van der Waals surface area (Å²) >= 11 is 0. The molecular formula is C8H11N3O3. The SMILES string of the molecule is NC(=O)N(O)C1CCCc2conc21. The summed E-state index contributed by atoms with van der Waals surface area (Å²) < 4.78 is 4.79. The van der Waals surface area contributed by atoms with E-state index < -0.39 is 12.1 Å². The van der Waals surface area contributed by atoms with Crippen LogP contribution in [0.2, 0.25) is 0 Å². The Kier molecular flexibility index (Phi) is 2.12. The second-order valence-electron chi connectivity index (χ2n) is 3.32. The molecule has 1 aliphatic carbocycles. The number of nitrogens with two attached hydrogens (primary N) is 1. The summed E-state index contributed by atoms with van der Waals surface area (Å²) in [5, 5.41) is 13.7. The van der Waals surface area contributed by atoms with E-state index in [4.69, 9.17) is 10.3 Å². The average molecular weight is 197 g/mol. The lowest BCUT2D eigenvalue weighted by Crippen LogP contribution is -2.37. The molecule has 1 aliphatic rings. The zero-order chi connectivity index (χ0) is 10.1. The summed E-state index contributed by atoms with van der Waals surface area (Å²) in [5.74, 6) is 0. The molecule has 0 aliphatic heterocycles.